The maximum Gasteiger partial charge on any atom is 0.0736 e. The van der Waals surface area contributed by atoms with Gasteiger partial charge in [-0.3, -0.25) is 0 Å². The van der Waals surface area contributed by atoms with Crippen LogP contribution in [0.15, 0.2) is 192 Å². The van der Waals surface area contributed by atoms with E-state index >= 15 is 0 Å². The first-order valence-corrected chi connectivity index (χ1v) is 19.4. The highest BCUT2D eigenvalue weighted by Gasteiger charge is 2.52. The number of allylic oxidation sites excluding steroid dienone is 2. The van der Waals surface area contributed by atoms with Crippen LogP contribution in [0.2, 0.25) is 0 Å². The van der Waals surface area contributed by atoms with Crippen LogP contribution < -0.4 is 4.90 Å². The molecule has 4 aliphatic rings. The number of hydrogen-bond donors (Lipinski definition) is 0. The molecule has 2 atom stereocenters. The zero-order valence-corrected chi connectivity index (χ0v) is 30.0. The number of fused-ring (bicyclic) bond motifs is 15. The predicted octanol–water partition coefficient (Wildman–Crippen LogP) is 12.5. The zero-order valence-electron chi connectivity index (χ0n) is 29.2. The number of aromatic nitrogens is 1. The van der Waals surface area contributed by atoms with E-state index in [0.717, 1.165) is 0 Å². The van der Waals surface area contributed by atoms with Crippen LogP contribution in [0.4, 0.5) is 11.4 Å². The van der Waals surface area contributed by atoms with Gasteiger partial charge in [-0.25, -0.2) is 0 Å². The molecule has 2 aliphatic carbocycles. The molecule has 3 heteroatoms. The van der Waals surface area contributed by atoms with E-state index in [1.54, 1.807) is 0 Å². The van der Waals surface area contributed by atoms with Crippen LogP contribution in [-0.4, -0.2) is 10.6 Å². The van der Waals surface area contributed by atoms with E-state index in [0.29, 0.717) is 0 Å². The van der Waals surface area contributed by atoms with Gasteiger partial charge in [0.25, 0.3) is 0 Å². The summed E-state index contributed by atoms with van der Waals surface area (Å²) in [4.78, 5) is 5.22. The number of para-hydroxylation sites is 3. The Balaban J connectivity index is 1.17. The lowest BCUT2D eigenvalue weighted by Gasteiger charge is -2.40. The molecule has 3 heterocycles. The average molecular weight is 695 g/mol. The fourth-order valence-corrected chi connectivity index (χ4v) is 11.5. The van der Waals surface area contributed by atoms with Gasteiger partial charge in [0, 0.05) is 43.0 Å². The lowest BCUT2D eigenvalue weighted by Crippen LogP contribution is -2.39. The molecule has 0 fully saturated rings. The van der Waals surface area contributed by atoms with Gasteiger partial charge in [-0.2, -0.15) is 0 Å². The molecule has 1 spiro atoms. The number of nitrogens with zero attached hydrogens (tertiary/aromatic N) is 2. The summed E-state index contributed by atoms with van der Waals surface area (Å²) in [6.45, 7) is 2.39. The molecule has 2 nitrogen and oxygen atoms in total. The van der Waals surface area contributed by atoms with Crippen molar-refractivity contribution in [2.75, 3.05) is 4.90 Å². The van der Waals surface area contributed by atoms with Crippen LogP contribution in [0.5, 0.6) is 0 Å². The Morgan fingerprint density at radius 2 is 1.06 bits per heavy atom. The van der Waals surface area contributed by atoms with E-state index < -0.39 is 5.41 Å². The Kier molecular flexibility index (Phi) is 5.87. The van der Waals surface area contributed by atoms with Gasteiger partial charge >= 0.3 is 0 Å². The van der Waals surface area contributed by atoms with Crippen molar-refractivity contribution in [3.63, 3.8) is 0 Å². The minimum Gasteiger partial charge on any atom is -0.333 e. The molecule has 8 aromatic rings. The Bertz CT molecular complexity index is 2830. The van der Waals surface area contributed by atoms with Crippen molar-refractivity contribution in [2.45, 2.75) is 33.6 Å². The summed E-state index contributed by atoms with van der Waals surface area (Å²) in [5.74, 6) is 0. The second kappa shape index (κ2) is 10.5. The highest BCUT2D eigenvalue weighted by Crippen LogP contribution is 2.63. The third-order valence-corrected chi connectivity index (χ3v) is 13.7. The molecule has 53 heavy (non-hydrogen) atoms. The third kappa shape index (κ3) is 3.70. The van der Waals surface area contributed by atoms with Crippen molar-refractivity contribution in [1.29, 1.82) is 0 Å². The van der Waals surface area contributed by atoms with Gasteiger partial charge in [0.1, 0.15) is 0 Å². The summed E-state index contributed by atoms with van der Waals surface area (Å²) in [6, 6.07) is 59.6. The quantitative estimate of drug-likeness (QED) is 0.178. The number of anilines is 2. The molecule has 0 radical (unpaired) electrons. The van der Waals surface area contributed by atoms with Gasteiger partial charge in [-0.05, 0) is 100 Å². The topological polar surface area (TPSA) is 8.17 Å². The lowest BCUT2D eigenvalue weighted by molar-refractivity contribution is 0.550. The molecular formula is C50H34N2S. The molecule has 250 valence electrons. The summed E-state index contributed by atoms with van der Waals surface area (Å²) < 4.78 is 2.47. The van der Waals surface area contributed by atoms with E-state index in [9.17, 15) is 0 Å². The van der Waals surface area contributed by atoms with Crippen LogP contribution in [0.1, 0.15) is 34.7 Å². The maximum atomic E-state index is 2.59. The first-order valence-electron chi connectivity index (χ1n) is 18.6. The van der Waals surface area contributed by atoms with E-state index in [2.05, 4.69) is 198 Å². The van der Waals surface area contributed by atoms with E-state index in [-0.39, 0.29) is 11.5 Å². The van der Waals surface area contributed by atoms with Gasteiger partial charge < -0.3 is 9.47 Å². The van der Waals surface area contributed by atoms with Crippen molar-refractivity contribution >= 4 is 44.9 Å². The smallest absolute Gasteiger partial charge is 0.0736 e. The summed E-state index contributed by atoms with van der Waals surface area (Å²) in [6.07, 6.45) is 9.21. The van der Waals surface area contributed by atoms with E-state index in [1.807, 2.05) is 11.8 Å². The highest BCUT2D eigenvalue weighted by atomic mass is 32.2. The number of benzene rings is 7. The molecule has 0 N–H and O–H groups in total. The fourth-order valence-electron chi connectivity index (χ4n) is 10.3. The fraction of sp³-hybridized carbons (Fsp3) is 0.0800. The molecule has 2 unspecified atom stereocenters. The normalized spacial score (nSPS) is 19.6. The maximum absolute atomic E-state index is 2.59. The average Bonchev–Trinajstić information content (AvgIpc) is 3.79. The Morgan fingerprint density at radius 3 is 1.74 bits per heavy atom. The standard InChI is InChI=1S/C50H34N2S/c1-49-29-13-12-24-48(49)52(45-21-9-4-16-38(45)49)33-26-28-35-34-27-25-32(51-43-19-7-2-14-36(43)37-15-3-8-20-44(37)51)30-41(34)50(42(35)31-33)39-17-5-10-22-46(39)53-47-23-11-6-18-40(47)50/h2-31,48H,1H3. The lowest BCUT2D eigenvalue weighted by atomic mass is 9.67. The van der Waals surface area contributed by atoms with E-state index in [1.165, 1.54) is 87.6 Å². The summed E-state index contributed by atoms with van der Waals surface area (Å²) in [5.41, 5.74) is 14.9. The van der Waals surface area contributed by atoms with Gasteiger partial charge in [-0.15, -0.1) is 0 Å². The first-order chi connectivity index (χ1) is 26.2. The number of rotatable bonds is 2. The molecule has 7 aromatic carbocycles. The molecule has 12 rings (SSSR count). The molecule has 0 saturated carbocycles. The van der Waals surface area contributed by atoms with Gasteiger partial charge in [0.2, 0.25) is 0 Å². The van der Waals surface area contributed by atoms with Crippen LogP contribution in [0, 0.1) is 0 Å². The van der Waals surface area contributed by atoms with Gasteiger partial charge in [0.05, 0.1) is 22.5 Å². The van der Waals surface area contributed by atoms with E-state index in [4.69, 9.17) is 0 Å². The van der Waals surface area contributed by atoms with Crippen LogP contribution in [-0.2, 0) is 10.8 Å². The van der Waals surface area contributed by atoms with Crippen molar-refractivity contribution < 1.29 is 0 Å². The summed E-state index contributed by atoms with van der Waals surface area (Å²) >= 11 is 1.90. The summed E-state index contributed by atoms with van der Waals surface area (Å²) in [7, 11) is 0. The molecule has 0 saturated heterocycles. The zero-order chi connectivity index (χ0) is 34.9. The molecular weight excluding hydrogens is 661 g/mol. The SMILES string of the molecule is CC12C=CC=CC1N(c1ccc3c(c1)C1(c4ccccc4Sc4ccccc41)c1cc(-n4c5ccccc5c5ccccc54)ccc1-3)c1ccccc12. The molecule has 2 aliphatic heterocycles. The van der Waals surface area contributed by atoms with Crippen LogP contribution in [0.25, 0.3) is 38.6 Å². The summed E-state index contributed by atoms with van der Waals surface area (Å²) in [5, 5.41) is 2.56. The highest BCUT2D eigenvalue weighted by molar-refractivity contribution is 7.99. The van der Waals surface area contributed by atoms with Gasteiger partial charge in [-0.1, -0.05) is 139 Å². The minimum atomic E-state index is -0.501. The molecule has 1 aromatic heterocycles. The van der Waals surface area contributed by atoms with Crippen LogP contribution >= 0.6 is 11.8 Å². The predicted molar refractivity (Wildman–Crippen MR) is 220 cm³/mol. The second-order valence-corrected chi connectivity index (χ2v) is 16.1. The third-order valence-electron chi connectivity index (χ3n) is 12.5. The Labute approximate surface area is 313 Å². The van der Waals surface area contributed by atoms with Crippen molar-refractivity contribution in [3.05, 3.63) is 210 Å². The molecule has 0 bridgehead atoms. The largest absolute Gasteiger partial charge is 0.333 e. The Morgan fingerprint density at radius 1 is 0.509 bits per heavy atom. The second-order valence-electron chi connectivity index (χ2n) is 15.0. The van der Waals surface area contributed by atoms with Crippen LogP contribution in [0.3, 0.4) is 0 Å². The van der Waals surface area contributed by atoms with Gasteiger partial charge in [0.15, 0.2) is 0 Å². The van der Waals surface area contributed by atoms with Crippen molar-refractivity contribution in [3.8, 4) is 16.8 Å². The Hall–Kier alpha value is -6.03. The van der Waals surface area contributed by atoms with Crippen molar-refractivity contribution in [2.24, 2.45) is 0 Å². The minimum absolute atomic E-state index is 0.108. The first kappa shape index (κ1) is 29.5. The number of hydrogen-bond acceptors (Lipinski definition) is 2. The van der Waals surface area contributed by atoms with Crippen molar-refractivity contribution in [1.82, 2.24) is 4.57 Å². The molecule has 0 amide bonds. The monoisotopic (exact) mass is 694 g/mol.